The SMILES string of the molecule is CCn1cc(C(=O)Cc2ccc(Oc3cc(-c4cncn4C)cn4nccc34)c(F)c2)c(=O)n(-c2ccc(F)cc2)c1=O. The maximum absolute atomic E-state index is 15.3. The molecule has 0 amide bonds. The van der Waals surface area contributed by atoms with E-state index in [2.05, 4.69) is 10.1 Å². The molecule has 0 fully saturated rings. The van der Waals surface area contributed by atoms with E-state index in [-0.39, 0.29) is 30.0 Å². The molecule has 0 radical (unpaired) electrons. The van der Waals surface area contributed by atoms with Gasteiger partial charge in [-0.1, -0.05) is 6.07 Å². The van der Waals surface area contributed by atoms with E-state index >= 15 is 4.39 Å². The van der Waals surface area contributed by atoms with Crippen molar-refractivity contribution in [2.45, 2.75) is 19.9 Å². The van der Waals surface area contributed by atoms with Crippen LogP contribution in [0.15, 0.2) is 95.3 Å². The largest absolute Gasteiger partial charge is 0.452 e. The number of pyridine rings is 1. The van der Waals surface area contributed by atoms with Crippen LogP contribution >= 0.6 is 0 Å². The van der Waals surface area contributed by atoms with Crippen molar-refractivity contribution in [2.75, 3.05) is 0 Å². The van der Waals surface area contributed by atoms with Crippen LogP contribution < -0.4 is 16.0 Å². The first kappa shape index (κ1) is 27.5. The molecule has 0 bridgehead atoms. The van der Waals surface area contributed by atoms with Gasteiger partial charge in [-0.15, -0.1) is 0 Å². The minimum atomic E-state index is -0.843. The summed E-state index contributed by atoms with van der Waals surface area (Å²) in [4.78, 5) is 43.6. The molecule has 0 spiro atoms. The van der Waals surface area contributed by atoms with Crippen LogP contribution in [0.2, 0.25) is 0 Å². The van der Waals surface area contributed by atoms with Crippen molar-refractivity contribution in [1.29, 1.82) is 0 Å². The molecular formula is C31H24F2N6O4. The van der Waals surface area contributed by atoms with Gasteiger partial charge in [0.25, 0.3) is 5.56 Å². The molecule has 0 saturated heterocycles. The fourth-order valence-corrected chi connectivity index (χ4v) is 4.83. The number of carbonyl (C=O) groups excluding carboxylic acids is 1. The van der Waals surface area contributed by atoms with Crippen molar-refractivity contribution in [1.82, 2.24) is 28.3 Å². The molecule has 0 aliphatic rings. The molecule has 4 aromatic heterocycles. The highest BCUT2D eigenvalue weighted by atomic mass is 19.1. The molecule has 6 aromatic rings. The molecular weight excluding hydrogens is 558 g/mol. The summed E-state index contributed by atoms with van der Waals surface area (Å²) in [5, 5.41) is 4.28. The van der Waals surface area contributed by atoms with Crippen LogP contribution in [0.25, 0.3) is 22.5 Å². The first-order chi connectivity index (χ1) is 20.7. The third kappa shape index (κ3) is 5.14. The number of halogens is 2. The first-order valence-corrected chi connectivity index (χ1v) is 13.3. The number of ketones is 1. The Morgan fingerprint density at radius 3 is 2.47 bits per heavy atom. The summed E-state index contributed by atoms with van der Waals surface area (Å²) >= 11 is 0. The van der Waals surface area contributed by atoms with Crippen molar-refractivity contribution in [3.05, 3.63) is 129 Å². The van der Waals surface area contributed by atoms with Crippen LogP contribution in [0.1, 0.15) is 22.8 Å². The van der Waals surface area contributed by atoms with E-state index in [1.165, 1.54) is 41.1 Å². The van der Waals surface area contributed by atoms with Crippen LogP contribution in [0.5, 0.6) is 11.5 Å². The normalized spacial score (nSPS) is 11.3. The molecule has 6 rings (SSSR count). The van der Waals surface area contributed by atoms with Gasteiger partial charge in [-0.3, -0.25) is 14.2 Å². The lowest BCUT2D eigenvalue weighted by Crippen LogP contribution is -2.41. The summed E-state index contributed by atoms with van der Waals surface area (Å²) < 4.78 is 40.2. The fraction of sp³-hybridized carbons (Fsp3) is 0.129. The van der Waals surface area contributed by atoms with Gasteiger partial charge in [-0.25, -0.2) is 27.6 Å². The van der Waals surface area contributed by atoms with Crippen LogP contribution in [-0.4, -0.2) is 34.1 Å². The molecule has 0 aliphatic carbocycles. The highest BCUT2D eigenvalue weighted by molar-refractivity contribution is 5.97. The van der Waals surface area contributed by atoms with Crippen molar-refractivity contribution < 1.29 is 18.3 Å². The second-order valence-electron chi connectivity index (χ2n) is 9.84. The smallest absolute Gasteiger partial charge is 0.335 e. The lowest BCUT2D eigenvalue weighted by atomic mass is 10.0. The van der Waals surface area contributed by atoms with Crippen molar-refractivity contribution in [3.63, 3.8) is 0 Å². The van der Waals surface area contributed by atoms with Crippen LogP contribution in [0.3, 0.4) is 0 Å². The molecule has 12 heteroatoms. The van der Waals surface area contributed by atoms with E-state index in [0.717, 1.165) is 28.0 Å². The number of carbonyl (C=O) groups is 1. The molecule has 0 unspecified atom stereocenters. The predicted molar refractivity (Wildman–Crippen MR) is 154 cm³/mol. The minimum Gasteiger partial charge on any atom is -0.452 e. The number of ether oxygens (including phenoxy) is 1. The quantitative estimate of drug-likeness (QED) is 0.244. The van der Waals surface area contributed by atoms with Gasteiger partial charge in [0.15, 0.2) is 23.1 Å². The Hall–Kier alpha value is -5.65. The zero-order chi connectivity index (χ0) is 30.2. The van der Waals surface area contributed by atoms with Gasteiger partial charge in [0.1, 0.15) is 16.9 Å². The highest BCUT2D eigenvalue weighted by Gasteiger charge is 2.20. The molecule has 0 aliphatic heterocycles. The van der Waals surface area contributed by atoms with Gasteiger partial charge < -0.3 is 9.30 Å². The average Bonchev–Trinajstić information content (AvgIpc) is 3.64. The fourth-order valence-electron chi connectivity index (χ4n) is 4.83. The molecule has 216 valence electrons. The van der Waals surface area contributed by atoms with Gasteiger partial charge in [0.2, 0.25) is 0 Å². The van der Waals surface area contributed by atoms with Gasteiger partial charge in [0, 0.05) is 38.0 Å². The first-order valence-electron chi connectivity index (χ1n) is 13.3. The Labute approximate surface area is 242 Å². The van der Waals surface area contributed by atoms with Gasteiger partial charge in [0.05, 0.1) is 30.1 Å². The second-order valence-corrected chi connectivity index (χ2v) is 9.84. The summed E-state index contributed by atoms with van der Waals surface area (Å²) in [7, 11) is 1.85. The number of hydrogen-bond donors (Lipinski definition) is 0. The third-order valence-corrected chi connectivity index (χ3v) is 7.05. The maximum Gasteiger partial charge on any atom is 0.335 e. The maximum atomic E-state index is 15.3. The number of imidazole rings is 1. The molecule has 4 heterocycles. The Morgan fingerprint density at radius 1 is 0.977 bits per heavy atom. The number of Topliss-reactive ketones (excluding diaryl/α,β-unsaturated/α-hetero) is 1. The number of aromatic nitrogens is 6. The number of rotatable bonds is 8. The summed E-state index contributed by atoms with van der Waals surface area (Å²) in [5.41, 5.74) is 0.857. The van der Waals surface area contributed by atoms with E-state index in [4.69, 9.17) is 4.74 Å². The number of hydrogen-bond acceptors (Lipinski definition) is 6. The van der Waals surface area contributed by atoms with Crippen molar-refractivity contribution in [3.8, 4) is 28.4 Å². The number of aryl methyl sites for hydroxylation is 2. The molecule has 0 atom stereocenters. The number of fused-ring (bicyclic) bond motifs is 1. The molecule has 2 aromatic carbocycles. The van der Waals surface area contributed by atoms with E-state index in [1.54, 1.807) is 42.3 Å². The molecule has 10 nitrogen and oxygen atoms in total. The van der Waals surface area contributed by atoms with E-state index in [1.807, 2.05) is 17.8 Å². The van der Waals surface area contributed by atoms with Crippen LogP contribution in [0, 0.1) is 11.6 Å². The van der Waals surface area contributed by atoms with Gasteiger partial charge in [-0.2, -0.15) is 5.10 Å². The predicted octanol–water partition coefficient (Wildman–Crippen LogP) is 4.56. The van der Waals surface area contributed by atoms with E-state index < -0.39 is 28.7 Å². The van der Waals surface area contributed by atoms with Crippen molar-refractivity contribution in [2.24, 2.45) is 7.05 Å². The lowest BCUT2D eigenvalue weighted by molar-refractivity contribution is 0.0990. The molecule has 0 saturated carbocycles. The molecule has 43 heavy (non-hydrogen) atoms. The van der Waals surface area contributed by atoms with E-state index in [0.29, 0.717) is 16.8 Å². The summed E-state index contributed by atoms with van der Waals surface area (Å²) in [5.74, 6) is -1.57. The summed E-state index contributed by atoms with van der Waals surface area (Å²) in [6.45, 7) is 1.88. The second kappa shape index (κ2) is 11.0. The Balaban J connectivity index is 1.29. The minimum absolute atomic E-state index is 0.0698. The summed E-state index contributed by atoms with van der Waals surface area (Å²) in [6, 6.07) is 12.4. The van der Waals surface area contributed by atoms with Crippen molar-refractivity contribution >= 4 is 11.3 Å². The lowest BCUT2D eigenvalue weighted by Gasteiger charge is -2.13. The molecule has 0 N–H and O–H groups in total. The average molecular weight is 583 g/mol. The Bertz CT molecular complexity index is 2130. The number of nitrogens with zero attached hydrogens (tertiary/aromatic N) is 6. The Kier molecular flexibility index (Phi) is 7.02. The van der Waals surface area contributed by atoms with Crippen LogP contribution in [0.4, 0.5) is 8.78 Å². The van der Waals surface area contributed by atoms with Gasteiger partial charge >= 0.3 is 5.69 Å². The third-order valence-electron chi connectivity index (χ3n) is 7.05. The standard InChI is InChI=1S/C31H24F2N6O4/c1-3-37-17-23(30(41)39(31(37)42)22-7-5-21(32)6-8-22)27(40)13-19-4-9-28(24(33)12-19)43-29-14-20(26-15-34-18-36(26)2)16-38-25(29)10-11-35-38/h4-12,14-18H,3,13H2,1-2H3. The Morgan fingerprint density at radius 2 is 1.77 bits per heavy atom. The van der Waals surface area contributed by atoms with Crippen LogP contribution in [-0.2, 0) is 20.0 Å². The number of benzene rings is 2. The highest BCUT2D eigenvalue weighted by Crippen LogP contribution is 2.32. The van der Waals surface area contributed by atoms with E-state index in [9.17, 15) is 18.8 Å². The zero-order valence-corrected chi connectivity index (χ0v) is 23.1. The topological polar surface area (TPSA) is 105 Å². The van der Waals surface area contributed by atoms with Gasteiger partial charge in [-0.05, 0) is 61.0 Å². The monoisotopic (exact) mass is 582 g/mol. The summed E-state index contributed by atoms with van der Waals surface area (Å²) in [6.07, 6.45) is 7.68. The zero-order valence-electron chi connectivity index (χ0n) is 23.1.